The Hall–Kier alpha value is -0.0800. The van der Waals surface area contributed by atoms with E-state index in [1.165, 1.54) is 51.6 Å². The maximum Gasteiger partial charge on any atom is 0.0631 e. The summed E-state index contributed by atoms with van der Waals surface area (Å²) in [5.41, 5.74) is 0. The summed E-state index contributed by atoms with van der Waals surface area (Å²) in [4.78, 5) is 0. The summed E-state index contributed by atoms with van der Waals surface area (Å²) in [7, 11) is 0. The Balaban J connectivity index is 1.29. The number of nitrogens with one attached hydrogen (secondary N) is 1. The molecule has 4 bridgehead atoms. The van der Waals surface area contributed by atoms with Gasteiger partial charge >= 0.3 is 0 Å². The van der Waals surface area contributed by atoms with Gasteiger partial charge in [0.1, 0.15) is 0 Å². The van der Waals surface area contributed by atoms with E-state index in [1.54, 1.807) is 6.42 Å². The van der Waals surface area contributed by atoms with Crippen molar-refractivity contribution >= 4 is 0 Å². The topological polar surface area (TPSA) is 21.3 Å². The second kappa shape index (κ2) is 4.79. The van der Waals surface area contributed by atoms with Gasteiger partial charge in [-0.25, -0.2) is 0 Å². The van der Waals surface area contributed by atoms with Crippen LogP contribution in [0, 0.1) is 29.6 Å². The smallest absolute Gasteiger partial charge is 0.0631 e. The fourth-order valence-electron chi connectivity index (χ4n) is 5.48. The average Bonchev–Trinajstić information content (AvgIpc) is 2.85. The molecule has 0 radical (unpaired) electrons. The van der Waals surface area contributed by atoms with Crippen molar-refractivity contribution in [2.45, 2.75) is 51.0 Å². The predicted octanol–water partition coefficient (Wildman–Crippen LogP) is 2.83. The Kier molecular flexibility index (Phi) is 3.12. The van der Waals surface area contributed by atoms with E-state index in [-0.39, 0.29) is 0 Å². The number of hydrogen-bond donors (Lipinski definition) is 1. The Morgan fingerprint density at radius 2 is 1.67 bits per heavy atom. The molecule has 102 valence electrons. The second-order valence-corrected chi connectivity index (χ2v) is 7.41. The summed E-state index contributed by atoms with van der Waals surface area (Å²) in [6.07, 6.45) is 10.8. The van der Waals surface area contributed by atoms with Gasteiger partial charge in [0.25, 0.3) is 0 Å². The maximum atomic E-state index is 6.35. The molecule has 1 heterocycles. The highest BCUT2D eigenvalue weighted by atomic mass is 16.5. The zero-order valence-electron chi connectivity index (χ0n) is 11.4. The maximum absolute atomic E-state index is 6.35. The molecule has 18 heavy (non-hydrogen) atoms. The van der Waals surface area contributed by atoms with Gasteiger partial charge in [-0.3, -0.25) is 0 Å². The zero-order valence-corrected chi connectivity index (χ0v) is 11.4. The van der Waals surface area contributed by atoms with E-state index in [2.05, 4.69) is 5.32 Å². The minimum absolute atomic E-state index is 0.646. The van der Waals surface area contributed by atoms with Crippen LogP contribution in [0.4, 0.5) is 0 Å². The van der Waals surface area contributed by atoms with Gasteiger partial charge < -0.3 is 10.1 Å². The van der Waals surface area contributed by atoms with Gasteiger partial charge in [0.15, 0.2) is 0 Å². The fraction of sp³-hybridized carbons (Fsp3) is 1.00. The number of hydrogen-bond acceptors (Lipinski definition) is 2. The van der Waals surface area contributed by atoms with E-state index in [0.717, 1.165) is 36.2 Å². The van der Waals surface area contributed by atoms with Crippen LogP contribution in [0.5, 0.6) is 0 Å². The quantitative estimate of drug-likeness (QED) is 0.827. The molecule has 0 aromatic heterocycles. The Morgan fingerprint density at radius 1 is 0.944 bits per heavy atom. The summed E-state index contributed by atoms with van der Waals surface area (Å²) < 4.78 is 6.35. The standard InChI is InChI=1S/C16H27NO/c1-3-17-10-11(1)2-4-18-16-14-6-12-5-13(8-14)9-15(16)7-12/h11-17H,1-10H2. The van der Waals surface area contributed by atoms with Crippen molar-refractivity contribution in [3.63, 3.8) is 0 Å². The lowest BCUT2D eigenvalue weighted by Crippen LogP contribution is -2.49. The molecular formula is C16H27NO. The molecule has 0 amide bonds. The molecule has 4 aliphatic carbocycles. The molecule has 2 heteroatoms. The molecule has 1 saturated heterocycles. The molecule has 4 saturated carbocycles. The fourth-order valence-corrected chi connectivity index (χ4v) is 5.48. The van der Waals surface area contributed by atoms with Gasteiger partial charge in [-0.15, -0.1) is 0 Å². The number of rotatable bonds is 4. The molecule has 1 unspecified atom stereocenters. The van der Waals surface area contributed by atoms with Crippen LogP contribution in [0.1, 0.15) is 44.9 Å². The molecule has 5 rings (SSSR count). The molecule has 1 atom stereocenters. The summed E-state index contributed by atoms with van der Waals surface area (Å²) >= 11 is 0. The first-order valence-electron chi connectivity index (χ1n) is 8.21. The molecule has 1 N–H and O–H groups in total. The van der Waals surface area contributed by atoms with Crippen LogP contribution >= 0.6 is 0 Å². The van der Waals surface area contributed by atoms with Crippen LogP contribution < -0.4 is 5.32 Å². The third-order valence-electron chi connectivity index (χ3n) is 6.14. The van der Waals surface area contributed by atoms with Crippen LogP contribution in [0.3, 0.4) is 0 Å². The highest BCUT2D eigenvalue weighted by molar-refractivity contribution is 4.99. The Morgan fingerprint density at radius 3 is 2.28 bits per heavy atom. The van der Waals surface area contributed by atoms with E-state index >= 15 is 0 Å². The monoisotopic (exact) mass is 249 g/mol. The van der Waals surface area contributed by atoms with Crippen molar-refractivity contribution in [2.24, 2.45) is 29.6 Å². The van der Waals surface area contributed by atoms with Crippen molar-refractivity contribution in [2.75, 3.05) is 19.7 Å². The van der Waals surface area contributed by atoms with Gasteiger partial charge in [-0.1, -0.05) is 0 Å². The van der Waals surface area contributed by atoms with Crippen molar-refractivity contribution in [3.05, 3.63) is 0 Å². The van der Waals surface area contributed by atoms with Gasteiger partial charge in [-0.2, -0.15) is 0 Å². The van der Waals surface area contributed by atoms with E-state index in [4.69, 9.17) is 4.74 Å². The first-order valence-corrected chi connectivity index (χ1v) is 8.21. The van der Waals surface area contributed by atoms with Crippen LogP contribution in [-0.2, 0) is 4.74 Å². The molecule has 5 aliphatic rings. The summed E-state index contributed by atoms with van der Waals surface area (Å²) in [6.45, 7) is 3.48. The van der Waals surface area contributed by atoms with Crippen LogP contribution in [-0.4, -0.2) is 25.8 Å². The van der Waals surface area contributed by atoms with Gasteiger partial charge in [0.05, 0.1) is 6.10 Å². The van der Waals surface area contributed by atoms with Crippen molar-refractivity contribution in [1.29, 1.82) is 0 Å². The average molecular weight is 249 g/mol. The summed E-state index contributed by atoms with van der Waals surface area (Å²) in [5, 5.41) is 3.46. The van der Waals surface area contributed by atoms with Crippen LogP contribution in [0.15, 0.2) is 0 Å². The van der Waals surface area contributed by atoms with Gasteiger partial charge in [0, 0.05) is 6.61 Å². The molecule has 0 spiro atoms. The molecule has 0 aromatic rings. The van der Waals surface area contributed by atoms with Gasteiger partial charge in [-0.05, 0) is 87.6 Å². The SMILES string of the molecule is C1CC(CCOC2C3CC4CC(C3)CC2C4)CN1. The first-order chi connectivity index (χ1) is 8.88. The van der Waals surface area contributed by atoms with Crippen molar-refractivity contribution in [1.82, 2.24) is 5.32 Å². The van der Waals surface area contributed by atoms with E-state index < -0.39 is 0 Å². The molecule has 2 nitrogen and oxygen atoms in total. The summed E-state index contributed by atoms with van der Waals surface area (Å²) in [5.74, 6) is 4.91. The van der Waals surface area contributed by atoms with Crippen LogP contribution in [0.2, 0.25) is 0 Å². The normalized spacial score (nSPS) is 50.0. The highest BCUT2D eigenvalue weighted by Crippen LogP contribution is 2.54. The lowest BCUT2D eigenvalue weighted by atomic mass is 9.55. The Bertz CT molecular complexity index is 269. The molecule has 1 aliphatic heterocycles. The zero-order chi connectivity index (χ0) is 11.9. The lowest BCUT2D eigenvalue weighted by molar-refractivity contribution is -0.127. The summed E-state index contributed by atoms with van der Waals surface area (Å²) in [6, 6.07) is 0. The first kappa shape index (κ1) is 11.7. The highest BCUT2D eigenvalue weighted by Gasteiger charge is 2.48. The largest absolute Gasteiger partial charge is 0.378 e. The lowest BCUT2D eigenvalue weighted by Gasteiger charge is -2.54. The van der Waals surface area contributed by atoms with E-state index in [9.17, 15) is 0 Å². The number of ether oxygens (including phenoxy) is 1. The third kappa shape index (κ3) is 2.12. The minimum atomic E-state index is 0.646. The molecular weight excluding hydrogens is 222 g/mol. The molecule has 0 aromatic carbocycles. The van der Waals surface area contributed by atoms with Crippen molar-refractivity contribution < 1.29 is 4.74 Å². The second-order valence-electron chi connectivity index (χ2n) is 7.41. The third-order valence-corrected chi connectivity index (χ3v) is 6.14. The molecule has 5 fully saturated rings. The minimum Gasteiger partial charge on any atom is -0.378 e. The van der Waals surface area contributed by atoms with Crippen LogP contribution in [0.25, 0.3) is 0 Å². The Labute approximate surface area is 111 Å². The predicted molar refractivity (Wildman–Crippen MR) is 72.4 cm³/mol. The van der Waals surface area contributed by atoms with Crippen molar-refractivity contribution in [3.8, 4) is 0 Å². The van der Waals surface area contributed by atoms with E-state index in [0.29, 0.717) is 6.10 Å². The van der Waals surface area contributed by atoms with E-state index in [1.807, 2.05) is 0 Å². The van der Waals surface area contributed by atoms with Gasteiger partial charge in [0.2, 0.25) is 0 Å².